The van der Waals surface area contributed by atoms with Gasteiger partial charge >= 0.3 is 11.9 Å². The molecule has 0 heterocycles. The fraction of sp³-hybridized carbons (Fsp3) is 0.712. The quantitative estimate of drug-likeness (QED) is 0.0196. The number of carbonyl (C=O) groups is 3. The minimum Gasteiger partial charge on any atom is -0.545 e. The van der Waals surface area contributed by atoms with Crippen LogP contribution in [0.3, 0.4) is 0 Å². The number of carboxylic acids is 1. The molecule has 0 aliphatic heterocycles. The maximum Gasteiger partial charge on any atom is 0.306 e. The van der Waals surface area contributed by atoms with Crippen LogP contribution in [0.4, 0.5) is 0 Å². The summed E-state index contributed by atoms with van der Waals surface area (Å²) in [5, 5.41) is 11.7. The van der Waals surface area contributed by atoms with Gasteiger partial charge in [0.05, 0.1) is 40.3 Å². The fourth-order valence-corrected chi connectivity index (χ4v) is 6.21. The Morgan fingerprint density at radius 2 is 0.951 bits per heavy atom. The number of rotatable bonds is 43. The normalized spacial score (nSPS) is 13.5. The molecule has 0 spiro atoms. The van der Waals surface area contributed by atoms with Gasteiger partial charge in [0, 0.05) is 12.8 Å². The number of carboxylic acid groups (broad SMARTS) is 1. The Kier molecular flexibility index (Phi) is 41.1. The smallest absolute Gasteiger partial charge is 0.306 e. The van der Waals surface area contributed by atoms with E-state index in [1.54, 1.807) is 0 Å². The standard InChI is InChI=1S/C52H89NO8/c1-6-8-10-12-14-16-18-20-22-24-25-27-28-30-32-34-36-38-40-42-49(54)59-46-48(47-60-52(51(56)57)58-45-44-53(3,4)5)61-50(55)43-41-39-37-35-33-31-29-26-23-21-19-17-15-13-11-9-7-2/h9,11,15,17,20-23,29,31,35,37,48,52H,6-8,10,12-14,16,18-19,24-28,30,32-34,36,38-47H2,1-5H3/b11-9-,17-15-,22-20-,23-21-,31-29-,37-35-. The number of esters is 2. The van der Waals surface area contributed by atoms with Crippen molar-refractivity contribution in [2.45, 2.75) is 193 Å². The van der Waals surface area contributed by atoms with Crippen molar-refractivity contribution >= 4 is 17.9 Å². The van der Waals surface area contributed by atoms with E-state index in [0.717, 1.165) is 51.4 Å². The Morgan fingerprint density at radius 1 is 0.508 bits per heavy atom. The van der Waals surface area contributed by atoms with Gasteiger partial charge < -0.3 is 33.3 Å². The SMILES string of the molecule is CC/C=C\C/C=C\C/C=C\C/C=C\C/C=C\CCCC(=O)OC(COC(=O)CCCCCCCCCCC/C=C\CCCCCCCC)COC(OCC[N+](C)(C)C)C(=O)[O-]. The van der Waals surface area contributed by atoms with Crippen molar-refractivity contribution in [3.8, 4) is 0 Å². The lowest BCUT2D eigenvalue weighted by atomic mass is 10.1. The van der Waals surface area contributed by atoms with E-state index in [1.165, 1.54) is 89.9 Å². The number of aliphatic carboxylic acids is 1. The Labute approximate surface area is 373 Å². The first-order valence-corrected chi connectivity index (χ1v) is 24.1. The van der Waals surface area contributed by atoms with E-state index in [-0.39, 0.29) is 38.6 Å². The monoisotopic (exact) mass is 856 g/mol. The van der Waals surface area contributed by atoms with Crippen LogP contribution in [0.2, 0.25) is 0 Å². The van der Waals surface area contributed by atoms with Gasteiger partial charge in [0.25, 0.3) is 0 Å². The van der Waals surface area contributed by atoms with Gasteiger partial charge in [-0.25, -0.2) is 0 Å². The van der Waals surface area contributed by atoms with E-state index in [1.807, 2.05) is 27.2 Å². The molecular weight excluding hydrogens is 767 g/mol. The number of unbranched alkanes of at least 4 members (excludes halogenated alkanes) is 16. The zero-order valence-electron chi connectivity index (χ0n) is 39.5. The topological polar surface area (TPSA) is 111 Å². The lowest BCUT2D eigenvalue weighted by molar-refractivity contribution is -0.870. The van der Waals surface area contributed by atoms with Gasteiger partial charge in [-0.3, -0.25) is 9.59 Å². The molecule has 0 bridgehead atoms. The zero-order chi connectivity index (χ0) is 44.9. The van der Waals surface area contributed by atoms with Crippen molar-refractivity contribution in [1.82, 2.24) is 0 Å². The molecule has 0 radical (unpaired) electrons. The van der Waals surface area contributed by atoms with Crippen molar-refractivity contribution in [2.24, 2.45) is 0 Å². The molecule has 0 N–H and O–H groups in total. The molecule has 0 aliphatic carbocycles. The second-order valence-corrected chi connectivity index (χ2v) is 17.0. The Balaban J connectivity index is 4.48. The van der Waals surface area contributed by atoms with E-state index >= 15 is 0 Å². The first kappa shape index (κ1) is 57.7. The highest BCUT2D eigenvalue weighted by atomic mass is 16.7. The first-order valence-electron chi connectivity index (χ1n) is 24.1. The summed E-state index contributed by atoms with van der Waals surface area (Å²) in [6.45, 7) is 4.54. The lowest BCUT2D eigenvalue weighted by Gasteiger charge is -2.26. The summed E-state index contributed by atoms with van der Waals surface area (Å²) in [5.41, 5.74) is 0. The van der Waals surface area contributed by atoms with E-state index in [4.69, 9.17) is 18.9 Å². The highest BCUT2D eigenvalue weighted by Crippen LogP contribution is 2.13. The van der Waals surface area contributed by atoms with Crippen molar-refractivity contribution in [1.29, 1.82) is 0 Å². The van der Waals surface area contributed by atoms with Crippen molar-refractivity contribution in [2.75, 3.05) is 47.5 Å². The largest absolute Gasteiger partial charge is 0.545 e. The third-order valence-corrected chi connectivity index (χ3v) is 9.94. The van der Waals surface area contributed by atoms with Crippen LogP contribution < -0.4 is 5.11 Å². The fourth-order valence-electron chi connectivity index (χ4n) is 6.21. The number of ether oxygens (including phenoxy) is 4. The molecule has 0 fully saturated rings. The molecule has 2 unspecified atom stereocenters. The summed E-state index contributed by atoms with van der Waals surface area (Å²) in [5.74, 6) is -2.37. The summed E-state index contributed by atoms with van der Waals surface area (Å²) >= 11 is 0. The lowest BCUT2D eigenvalue weighted by Crippen LogP contribution is -2.44. The summed E-state index contributed by atoms with van der Waals surface area (Å²) in [4.78, 5) is 37.0. The number of likely N-dealkylation sites (N-methyl/N-ethyl adjacent to an activating group) is 1. The van der Waals surface area contributed by atoms with Crippen LogP contribution in [-0.4, -0.2) is 82.3 Å². The van der Waals surface area contributed by atoms with Crippen LogP contribution in [-0.2, 0) is 33.3 Å². The zero-order valence-corrected chi connectivity index (χ0v) is 39.5. The van der Waals surface area contributed by atoms with E-state index in [2.05, 4.69) is 80.7 Å². The Hall–Kier alpha value is -3.27. The van der Waals surface area contributed by atoms with Crippen LogP contribution in [0, 0.1) is 0 Å². The van der Waals surface area contributed by atoms with Gasteiger partial charge in [0.15, 0.2) is 12.4 Å². The van der Waals surface area contributed by atoms with Crippen LogP contribution in [0.15, 0.2) is 72.9 Å². The summed E-state index contributed by atoms with van der Waals surface area (Å²) in [7, 11) is 5.89. The highest BCUT2D eigenvalue weighted by Gasteiger charge is 2.21. The molecule has 0 aliphatic rings. The maximum absolute atomic E-state index is 12.7. The summed E-state index contributed by atoms with van der Waals surface area (Å²) in [6.07, 6.45) is 50.8. The number of hydrogen-bond donors (Lipinski definition) is 0. The van der Waals surface area contributed by atoms with Gasteiger partial charge in [-0.15, -0.1) is 0 Å². The maximum atomic E-state index is 12.7. The van der Waals surface area contributed by atoms with Crippen LogP contribution >= 0.6 is 0 Å². The number of allylic oxidation sites excluding steroid dienone is 12. The summed E-state index contributed by atoms with van der Waals surface area (Å²) in [6, 6.07) is 0. The number of nitrogens with zero attached hydrogens (tertiary/aromatic N) is 1. The molecule has 0 amide bonds. The molecular formula is C52H89NO8. The average Bonchev–Trinajstić information content (AvgIpc) is 3.22. The first-order chi connectivity index (χ1) is 29.6. The predicted octanol–water partition coefficient (Wildman–Crippen LogP) is 11.8. The molecule has 2 atom stereocenters. The molecule has 0 aromatic carbocycles. The minimum atomic E-state index is -1.64. The van der Waals surface area contributed by atoms with Crippen LogP contribution in [0.1, 0.15) is 181 Å². The van der Waals surface area contributed by atoms with Gasteiger partial charge in [0.1, 0.15) is 13.2 Å². The van der Waals surface area contributed by atoms with Gasteiger partial charge in [-0.05, 0) is 77.0 Å². The molecule has 0 rings (SSSR count). The van der Waals surface area contributed by atoms with E-state index in [0.29, 0.717) is 23.9 Å². The molecule has 61 heavy (non-hydrogen) atoms. The third-order valence-electron chi connectivity index (χ3n) is 9.94. The second kappa shape index (κ2) is 43.4. The predicted molar refractivity (Wildman–Crippen MR) is 251 cm³/mol. The Morgan fingerprint density at radius 3 is 1.46 bits per heavy atom. The van der Waals surface area contributed by atoms with E-state index in [9.17, 15) is 19.5 Å². The molecule has 0 aromatic rings. The third kappa shape index (κ3) is 44.6. The number of hydrogen-bond acceptors (Lipinski definition) is 8. The number of carbonyl (C=O) groups excluding carboxylic acids is 3. The molecule has 350 valence electrons. The van der Waals surface area contributed by atoms with Gasteiger partial charge in [-0.1, -0.05) is 164 Å². The molecule has 0 aromatic heterocycles. The summed E-state index contributed by atoms with van der Waals surface area (Å²) < 4.78 is 22.5. The Bertz CT molecular complexity index is 1230. The van der Waals surface area contributed by atoms with Gasteiger partial charge in [0.2, 0.25) is 0 Å². The molecule has 0 saturated carbocycles. The second-order valence-electron chi connectivity index (χ2n) is 17.0. The molecule has 9 nitrogen and oxygen atoms in total. The molecule has 0 saturated heterocycles. The highest BCUT2D eigenvalue weighted by molar-refractivity contribution is 5.70. The minimum absolute atomic E-state index is 0.134. The average molecular weight is 856 g/mol. The van der Waals surface area contributed by atoms with Gasteiger partial charge in [-0.2, -0.15) is 0 Å². The number of quaternary nitrogens is 1. The van der Waals surface area contributed by atoms with Crippen molar-refractivity contribution < 1.29 is 42.9 Å². The van der Waals surface area contributed by atoms with E-state index < -0.39 is 24.3 Å². The van der Waals surface area contributed by atoms with Crippen LogP contribution in [0.5, 0.6) is 0 Å². The van der Waals surface area contributed by atoms with Crippen molar-refractivity contribution in [3.63, 3.8) is 0 Å². The van der Waals surface area contributed by atoms with Crippen molar-refractivity contribution in [3.05, 3.63) is 72.9 Å². The van der Waals surface area contributed by atoms with Crippen LogP contribution in [0.25, 0.3) is 0 Å². The molecule has 9 heteroatoms.